The number of ether oxygens (including phenoxy) is 2. The van der Waals surface area contributed by atoms with E-state index in [0.29, 0.717) is 36.8 Å². The van der Waals surface area contributed by atoms with Crippen LogP contribution < -0.4 is 14.8 Å². The molecule has 0 aliphatic carbocycles. The first-order valence-corrected chi connectivity index (χ1v) is 8.96. The molecule has 4 heteroatoms. The van der Waals surface area contributed by atoms with Gasteiger partial charge in [-0.2, -0.15) is 0 Å². The normalized spacial score (nSPS) is 16.2. The molecule has 1 atom stereocenters. The summed E-state index contributed by atoms with van der Waals surface area (Å²) in [6, 6.07) is 15.5. The molecule has 2 aromatic carbocycles. The van der Waals surface area contributed by atoms with Crippen LogP contribution in [0, 0.1) is 5.92 Å². The highest BCUT2D eigenvalue weighted by atomic mass is 16.5. The van der Waals surface area contributed by atoms with E-state index >= 15 is 0 Å². The van der Waals surface area contributed by atoms with Crippen LogP contribution in [0.15, 0.2) is 48.5 Å². The van der Waals surface area contributed by atoms with E-state index < -0.39 is 0 Å². The largest absolute Gasteiger partial charge is 0.492 e. The molecule has 0 spiro atoms. The van der Waals surface area contributed by atoms with Gasteiger partial charge in [0.1, 0.15) is 18.1 Å². The van der Waals surface area contributed by atoms with Crippen LogP contribution in [0.5, 0.6) is 11.5 Å². The summed E-state index contributed by atoms with van der Waals surface area (Å²) >= 11 is 0. The SMILES string of the molecule is CCCCNC[C@H]1COc2ccc(OCc3ccccc3)cc2C1=O. The minimum Gasteiger partial charge on any atom is -0.492 e. The van der Waals surface area contributed by atoms with Crippen molar-refractivity contribution < 1.29 is 14.3 Å². The second-order valence-electron chi connectivity index (χ2n) is 6.36. The van der Waals surface area contributed by atoms with E-state index in [1.54, 1.807) is 6.07 Å². The molecular formula is C21H25NO3. The third-order valence-corrected chi connectivity index (χ3v) is 4.37. The van der Waals surface area contributed by atoms with Crippen LogP contribution in [0.4, 0.5) is 0 Å². The average Bonchev–Trinajstić information content (AvgIpc) is 2.66. The molecule has 0 amide bonds. The summed E-state index contributed by atoms with van der Waals surface area (Å²) in [5.74, 6) is 1.35. The second kappa shape index (κ2) is 8.67. The highest BCUT2D eigenvalue weighted by Crippen LogP contribution is 2.31. The molecule has 1 heterocycles. The number of rotatable bonds is 8. The third-order valence-electron chi connectivity index (χ3n) is 4.37. The number of benzene rings is 2. The van der Waals surface area contributed by atoms with Crippen molar-refractivity contribution in [3.63, 3.8) is 0 Å². The van der Waals surface area contributed by atoms with Gasteiger partial charge in [0.15, 0.2) is 5.78 Å². The van der Waals surface area contributed by atoms with E-state index in [4.69, 9.17) is 9.47 Å². The lowest BCUT2D eigenvalue weighted by molar-refractivity contribution is 0.0829. The van der Waals surface area contributed by atoms with E-state index in [0.717, 1.165) is 24.9 Å². The van der Waals surface area contributed by atoms with Gasteiger partial charge in [-0.15, -0.1) is 0 Å². The number of hydrogen-bond donors (Lipinski definition) is 1. The summed E-state index contributed by atoms with van der Waals surface area (Å²) in [6.07, 6.45) is 2.27. The lowest BCUT2D eigenvalue weighted by atomic mass is 9.94. The number of nitrogens with one attached hydrogen (secondary N) is 1. The van der Waals surface area contributed by atoms with Crippen molar-refractivity contribution in [1.82, 2.24) is 5.32 Å². The van der Waals surface area contributed by atoms with Crippen LogP contribution >= 0.6 is 0 Å². The molecule has 0 saturated carbocycles. The standard InChI is InChI=1S/C21H25NO3/c1-2-3-11-22-13-17-15-25-20-10-9-18(12-19(20)21(17)23)24-14-16-7-5-4-6-8-16/h4-10,12,17,22H,2-3,11,13-15H2,1H3/t17-/m0/s1. The quantitative estimate of drug-likeness (QED) is 0.742. The van der Waals surface area contributed by atoms with Gasteiger partial charge in [-0.05, 0) is 36.7 Å². The van der Waals surface area contributed by atoms with Crippen LogP contribution in [-0.4, -0.2) is 25.5 Å². The van der Waals surface area contributed by atoms with Gasteiger partial charge in [0, 0.05) is 6.54 Å². The minimum atomic E-state index is -0.131. The van der Waals surface area contributed by atoms with Gasteiger partial charge in [-0.1, -0.05) is 43.7 Å². The molecule has 0 fully saturated rings. The zero-order chi connectivity index (χ0) is 17.5. The Morgan fingerprint density at radius 1 is 1.20 bits per heavy atom. The van der Waals surface area contributed by atoms with Crippen molar-refractivity contribution in [3.8, 4) is 11.5 Å². The molecule has 25 heavy (non-hydrogen) atoms. The van der Waals surface area contributed by atoms with Crippen molar-refractivity contribution in [2.45, 2.75) is 26.4 Å². The molecule has 3 rings (SSSR count). The summed E-state index contributed by atoms with van der Waals surface area (Å²) in [6.45, 7) is 4.68. The molecule has 132 valence electrons. The predicted octanol–water partition coefficient (Wildman–Crippen LogP) is 3.85. The van der Waals surface area contributed by atoms with E-state index in [1.807, 2.05) is 42.5 Å². The fourth-order valence-corrected chi connectivity index (χ4v) is 2.87. The fraction of sp³-hybridized carbons (Fsp3) is 0.381. The Labute approximate surface area is 149 Å². The maximum Gasteiger partial charge on any atom is 0.174 e. The topological polar surface area (TPSA) is 47.6 Å². The van der Waals surface area contributed by atoms with E-state index in [1.165, 1.54) is 0 Å². The summed E-state index contributed by atoms with van der Waals surface area (Å²) in [5, 5.41) is 3.35. The Kier molecular flexibility index (Phi) is 6.07. The summed E-state index contributed by atoms with van der Waals surface area (Å²) in [7, 11) is 0. The van der Waals surface area contributed by atoms with Gasteiger partial charge in [0.25, 0.3) is 0 Å². The molecule has 0 bridgehead atoms. The molecule has 1 aliphatic heterocycles. The molecular weight excluding hydrogens is 314 g/mol. The van der Waals surface area contributed by atoms with Crippen LogP contribution in [-0.2, 0) is 6.61 Å². The smallest absolute Gasteiger partial charge is 0.174 e. The van der Waals surface area contributed by atoms with Crippen LogP contribution in [0.3, 0.4) is 0 Å². The first-order valence-electron chi connectivity index (χ1n) is 8.96. The summed E-state index contributed by atoms with van der Waals surface area (Å²) in [5.41, 5.74) is 1.72. The van der Waals surface area contributed by atoms with Crippen molar-refractivity contribution in [2.75, 3.05) is 19.7 Å². The van der Waals surface area contributed by atoms with Gasteiger partial charge < -0.3 is 14.8 Å². The van der Waals surface area contributed by atoms with Crippen LogP contribution in [0.2, 0.25) is 0 Å². The first-order chi connectivity index (χ1) is 12.3. The molecule has 1 N–H and O–H groups in total. The van der Waals surface area contributed by atoms with Gasteiger partial charge >= 0.3 is 0 Å². The minimum absolute atomic E-state index is 0.131. The van der Waals surface area contributed by atoms with Crippen molar-refractivity contribution in [2.24, 2.45) is 5.92 Å². The van der Waals surface area contributed by atoms with E-state index in [-0.39, 0.29) is 11.7 Å². The molecule has 0 unspecified atom stereocenters. The van der Waals surface area contributed by atoms with Crippen molar-refractivity contribution >= 4 is 5.78 Å². The zero-order valence-corrected chi connectivity index (χ0v) is 14.7. The Hall–Kier alpha value is -2.33. The Morgan fingerprint density at radius 3 is 2.84 bits per heavy atom. The van der Waals surface area contributed by atoms with Gasteiger partial charge in [-0.25, -0.2) is 0 Å². The average molecular weight is 339 g/mol. The molecule has 0 radical (unpaired) electrons. The van der Waals surface area contributed by atoms with Gasteiger partial charge in [0.05, 0.1) is 18.1 Å². The monoisotopic (exact) mass is 339 g/mol. The predicted molar refractivity (Wildman–Crippen MR) is 98.3 cm³/mol. The summed E-state index contributed by atoms with van der Waals surface area (Å²) < 4.78 is 11.6. The van der Waals surface area contributed by atoms with E-state index in [9.17, 15) is 4.79 Å². The van der Waals surface area contributed by atoms with Gasteiger partial charge in [-0.3, -0.25) is 4.79 Å². The third kappa shape index (κ3) is 4.60. The maximum absolute atomic E-state index is 12.7. The molecule has 4 nitrogen and oxygen atoms in total. The highest BCUT2D eigenvalue weighted by molar-refractivity contribution is 6.01. The molecule has 0 saturated heterocycles. The lowest BCUT2D eigenvalue weighted by Crippen LogP contribution is -2.36. The van der Waals surface area contributed by atoms with Crippen LogP contribution in [0.1, 0.15) is 35.7 Å². The number of ketones is 1. The number of unbranched alkanes of at least 4 members (excludes halogenated alkanes) is 1. The van der Waals surface area contributed by atoms with Crippen LogP contribution in [0.25, 0.3) is 0 Å². The fourth-order valence-electron chi connectivity index (χ4n) is 2.87. The lowest BCUT2D eigenvalue weighted by Gasteiger charge is -2.24. The van der Waals surface area contributed by atoms with Gasteiger partial charge in [0.2, 0.25) is 0 Å². The molecule has 2 aromatic rings. The zero-order valence-electron chi connectivity index (χ0n) is 14.7. The Balaban J connectivity index is 1.63. The molecule has 1 aliphatic rings. The second-order valence-corrected chi connectivity index (χ2v) is 6.36. The highest BCUT2D eigenvalue weighted by Gasteiger charge is 2.28. The molecule has 0 aromatic heterocycles. The number of fused-ring (bicyclic) bond motifs is 1. The van der Waals surface area contributed by atoms with Crippen molar-refractivity contribution in [1.29, 1.82) is 0 Å². The number of carbonyl (C=O) groups excluding carboxylic acids is 1. The van der Waals surface area contributed by atoms with Crippen molar-refractivity contribution in [3.05, 3.63) is 59.7 Å². The Bertz CT molecular complexity index is 700. The number of carbonyl (C=O) groups is 1. The van der Waals surface area contributed by atoms with E-state index in [2.05, 4.69) is 12.2 Å². The number of hydrogen-bond acceptors (Lipinski definition) is 4. The maximum atomic E-state index is 12.7. The first kappa shape index (κ1) is 17.5. The Morgan fingerprint density at radius 2 is 2.04 bits per heavy atom. The summed E-state index contributed by atoms with van der Waals surface area (Å²) in [4.78, 5) is 12.7. The number of Topliss-reactive ketones (excluding diaryl/α,β-unsaturated/α-hetero) is 1.